The largest absolute Gasteiger partial charge is 0.494 e. The van der Waals surface area contributed by atoms with E-state index in [0.717, 1.165) is 60.1 Å². The third kappa shape index (κ3) is 6.31. The molecule has 2 N–H and O–H groups in total. The van der Waals surface area contributed by atoms with Gasteiger partial charge in [0.15, 0.2) is 0 Å². The van der Waals surface area contributed by atoms with Crippen molar-refractivity contribution in [1.29, 1.82) is 0 Å². The number of likely N-dealkylation sites (N-methyl/N-ethyl adjacent to an activating group) is 1. The number of hydrogen-bond acceptors (Lipinski definition) is 2. The normalized spacial score (nSPS) is 14.3. The van der Waals surface area contributed by atoms with E-state index in [1.165, 1.54) is 23.8 Å². The van der Waals surface area contributed by atoms with Crippen LogP contribution in [0.15, 0.2) is 91.1 Å². The summed E-state index contributed by atoms with van der Waals surface area (Å²) in [5.74, 6) is 0.994. The second kappa shape index (κ2) is 12.6. The summed E-state index contributed by atoms with van der Waals surface area (Å²) >= 11 is 0. The summed E-state index contributed by atoms with van der Waals surface area (Å²) in [5.41, 5.74) is 6.62. The first kappa shape index (κ1) is 26.5. The van der Waals surface area contributed by atoms with Crippen molar-refractivity contribution in [3.05, 3.63) is 114 Å². The molecule has 5 rings (SSSR count). The van der Waals surface area contributed by atoms with Crippen LogP contribution in [0.1, 0.15) is 55.2 Å². The van der Waals surface area contributed by atoms with Gasteiger partial charge >= 0.3 is 0 Å². The first-order chi connectivity index (χ1) is 19.1. The average Bonchev–Trinajstić information content (AvgIpc) is 3.32. The zero-order valence-electron chi connectivity index (χ0n) is 22.4. The predicted octanol–water partition coefficient (Wildman–Crippen LogP) is 7.92. The summed E-state index contributed by atoms with van der Waals surface area (Å²) in [4.78, 5) is 14.3. The Morgan fingerprint density at radius 2 is 1.77 bits per heavy atom. The average molecular weight is 523 g/mol. The molecule has 1 fully saturated rings. The fourth-order valence-electron chi connectivity index (χ4n) is 5.16. The molecule has 1 amide bonds. The Morgan fingerprint density at radius 1 is 1.00 bits per heavy atom. The summed E-state index contributed by atoms with van der Waals surface area (Å²) in [7, 11) is 1.63. The molecule has 1 aliphatic rings. The van der Waals surface area contributed by atoms with Crippen molar-refractivity contribution < 1.29 is 13.9 Å². The molecule has 1 heterocycles. The van der Waals surface area contributed by atoms with Crippen LogP contribution in [0.25, 0.3) is 22.0 Å². The minimum atomic E-state index is -0.232. The van der Waals surface area contributed by atoms with Gasteiger partial charge in [-0.3, -0.25) is 4.79 Å². The number of fused-ring (bicyclic) bond motifs is 1. The van der Waals surface area contributed by atoms with E-state index in [1.807, 2.05) is 36.4 Å². The van der Waals surface area contributed by atoms with Crippen molar-refractivity contribution >= 4 is 28.0 Å². The van der Waals surface area contributed by atoms with E-state index in [-0.39, 0.29) is 11.7 Å². The number of allylic oxidation sites excluding steroid dienone is 2. The van der Waals surface area contributed by atoms with Crippen molar-refractivity contribution in [3.8, 4) is 5.75 Å². The molecule has 0 unspecified atom stereocenters. The zero-order valence-corrected chi connectivity index (χ0v) is 22.4. The number of unbranched alkanes of at least 4 members (excludes halogenated alkanes) is 2. The standard InChI is InChI=1S/C34H35FN2O2/c1-36-32(38)14-7-2-3-8-21-39-28-18-15-26(16-19-28)34(27-17-20-31-29(22-27)30(35)23-37-31)33(25-12-9-13-25)24-10-5-4-6-11-24/h4-7,10-11,14-20,22-23,25,37H,2-3,8-9,12-13,21H2,1H3,(H,36,38)/b14-7+,34-33-. The van der Waals surface area contributed by atoms with Crippen molar-refractivity contribution in [2.45, 2.75) is 38.5 Å². The van der Waals surface area contributed by atoms with E-state index in [0.29, 0.717) is 17.9 Å². The number of carbonyl (C=O) groups excluding carboxylic acids is 1. The second-order valence-corrected chi connectivity index (χ2v) is 10.1. The molecule has 0 bridgehead atoms. The van der Waals surface area contributed by atoms with Crippen LogP contribution in [0, 0.1) is 11.7 Å². The lowest BCUT2D eigenvalue weighted by Crippen LogP contribution is -2.15. The SMILES string of the molecule is CNC(=O)/C=C/CCCCOc1ccc(/C(=C(\c2ccccc2)C2CCC2)c2ccc3[nH]cc(F)c3c2)cc1. The smallest absolute Gasteiger partial charge is 0.243 e. The summed E-state index contributed by atoms with van der Waals surface area (Å²) in [6, 6.07) is 24.9. The lowest BCUT2D eigenvalue weighted by atomic mass is 9.73. The number of nitrogens with one attached hydrogen (secondary N) is 2. The van der Waals surface area contributed by atoms with Crippen LogP contribution in [0.3, 0.4) is 0 Å². The molecule has 0 aliphatic heterocycles. The molecule has 0 spiro atoms. The molecule has 0 radical (unpaired) electrons. The van der Waals surface area contributed by atoms with Crippen molar-refractivity contribution in [2.75, 3.05) is 13.7 Å². The fraction of sp³-hybridized carbons (Fsp3) is 0.265. The van der Waals surface area contributed by atoms with E-state index >= 15 is 0 Å². The molecule has 0 atom stereocenters. The van der Waals surface area contributed by atoms with E-state index in [2.05, 4.69) is 52.8 Å². The van der Waals surface area contributed by atoms with E-state index in [1.54, 1.807) is 13.1 Å². The van der Waals surface area contributed by atoms with Gasteiger partial charge in [0.25, 0.3) is 0 Å². The van der Waals surface area contributed by atoms with Crippen LogP contribution >= 0.6 is 0 Å². The van der Waals surface area contributed by atoms with Crippen molar-refractivity contribution in [1.82, 2.24) is 10.3 Å². The lowest BCUT2D eigenvalue weighted by Gasteiger charge is -2.31. The van der Waals surface area contributed by atoms with Gasteiger partial charge in [0, 0.05) is 24.1 Å². The summed E-state index contributed by atoms with van der Waals surface area (Å²) in [6.45, 7) is 0.622. The quantitative estimate of drug-likeness (QED) is 0.119. The van der Waals surface area contributed by atoms with Crippen LogP contribution in [0.5, 0.6) is 5.75 Å². The zero-order chi connectivity index (χ0) is 27.0. The Bertz CT molecular complexity index is 1460. The van der Waals surface area contributed by atoms with Gasteiger partial charge in [0.1, 0.15) is 11.6 Å². The van der Waals surface area contributed by atoms with Crippen LogP contribution < -0.4 is 10.1 Å². The topological polar surface area (TPSA) is 54.1 Å². The lowest BCUT2D eigenvalue weighted by molar-refractivity contribution is -0.116. The van der Waals surface area contributed by atoms with Gasteiger partial charge in [-0.05, 0) is 96.2 Å². The maximum absolute atomic E-state index is 14.6. The minimum absolute atomic E-state index is 0.0781. The maximum Gasteiger partial charge on any atom is 0.243 e. The molecule has 200 valence electrons. The van der Waals surface area contributed by atoms with Crippen LogP contribution in [-0.2, 0) is 4.79 Å². The number of rotatable bonds is 11. The van der Waals surface area contributed by atoms with Gasteiger partial charge in [-0.15, -0.1) is 0 Å². The van der Waals surface area contributed by atoms with Crippen molar-refractivity contribution in [2.24, 2.45) is 5.92 Å². The first-order valence-corrected chi connectivity index (χ1v) is 13.8. The number of benzene rings is 3. The Balaban J connectivity index is 1.41. The van der Waals surface area contributed by atoms with E-state index < -0.39 is 0 Å². The van der Waals surface area contributed by atoms with Gasteiger partial charge < -0.3 is 15.0 Å². The number of amides is 1. The summed E-state index contributed by atoms with van der Waals surface area (Å²) < 4.78 is 20.6. The number of hydrogen-bond donors (Lipinski definition) is 2. The summed E-state index contributed by atoms with van der Waals surface area (Å²) in [5, 5.41) is 3.18. The molecule has 1 saturated carbocycles. The van der Waals surface area contributed by atoms with Crippen molar-refractivity contribution in [3.63, 3.8) is 0 Å². The molecular weight excluding hydrogens is 487 g/mol. The van der Waals surface area contributed by atoms with E-state index in [4.69, 9.17) is 4.74 Å². The van der Waals surface area contributed by atoms with Gasteiger partial charge in [-0.1, -0.05) is 61.0 Å². The highest BCUT2D eigenvalue weighted by molar-refractivity contribution is 6.01. The second-order valence-electron chi connectivity index (χ2n) is 10.1. The van der Waals surface area contributed by atoms with Crippen LogP contribution in [0.4, 0.5) is 4.39 Å². The van der Waals surface area contributed by atoms with Crippen LogP contribution in [0.2, 0.25) is 0 Å². The monoisotopic (exact) mass is 522 g/mol. The van der Waals surface area contributed by atoms with Gasteiger partial charge in [-0.25, -0.2) is 4.39 Å². The molecule has 4 nitrogen and oxygen atoms in total. The van der Waals surface area contributed by atoms with Gasteiger partial charge in [-0.2, -0.15) is 0 Å². The Kier molecular flexibility index (Phi) is 8.57. The van der Waals surface area contributed by atoms with E-state index in [9.17, 15) is 9.18 Å². The molecule has 3 aromatic carbocycles. The third-order valence-corrected chi connectivity index (χ3v) is 7.48. The third-order valence-electron chi connectivity index (χ3n) is 7.48. The molecule has 5 heteroatoms. The maximum atomic E-state index is 14.6. The predicted molar refractivity (Wildman–Crippen MR) is 157 cm³/mol. The number of H-pyrrole nitrogens is 1. The Morgan fingerprint density at radius 3 is 2.49 bits per heavy atom. The molecular formula is C34H35FN2O2. The molecule has 4 aromatic rings. The highest BCUT2D eigenvalue weighted by Crippen LogP contribution is 2.45. The van der Waals surface area contributed by atoms with Crippen LogP contribution in [-0.4, -0.2) is 24.5 Å². The molecule has 1 aliphatic carbocycles. The number of carbonyl (C=O) groups is 1. The number of ether oxygens (including phenoxy) is 1. The Labute approximate surface area is 229 Å². The van der Waals surface area contributed by atoms with Gasteiger partial charge in [0.2, 0.25) is 5.91 Å². The molecule has 1 aromatic heterocycles. The number of halogens is 1. The molecule has 0 saturated heterocycles. The highest BCUT2D eigenvalue weighted by Gasteiger charge is 2.27. The van der Waals surface area contributed by atoms with Gasteiger partial charge in [0.05, 0.1) is 6.61 Å². The first-order valence-electron chi connectivity index (χ1n) is 13.8. The number of aromatic nitrogens is 1. The summed E-state index contributed by atoms with van der Waals surface area (Å²) in [6.07, 6.45) is 11.2. The highest BCUT2D eigenvalue weighted by atomic mass is 19.1. The molecule has 39 heavy (non-hydrogen) atoms. The number of aromatic amines is 1. The fourth-order valence-corrected chi connectivity index (χ4v) is 5.16. The minimum Gasteiger partial charge on any atom is -0.494 e. The Hall–Kier alpha value is -4.12.